The molecule has 0 radical (unpaired) electrons. The number of aromatic hydroxyl groups is 1. The van der Waals surface area contributed by atoms with Crippen molar-refractivity contribution in [3.05, 3.63) is 50.6 Å². The first-order valence-corrected chi connectivity index (χ1v) is 10.1. The molecular formula is C18H22N5O4S+. The van der Waals surface area contributed by atoms with Crippen molar-refractivity contribution in [3.8, 4) is 5.88 Å². The molecule has 1 fully saturated rings. The topological polar surface area (TPSA) is 118 Å². The minimum absolute atomic E-state index is 0.0334. The fourth-order valence-electron chi connectivity index (χ4n) is 3.75. The first-order valence-electron chi connectivity index (χ1n) is 9.32. The number of likely N-dealkylation sites (tertiary alicyclic amines) is 1. The van der Waals surface area contributed by atoms with Crippen LogP contribution in [0.15, 0.2) is 24.3 Å². The number of hydrogen-bond donors (Lipinski definition) is 3. The third-order valence-electron chi connectivity index (χ3n) is 5.26. The van der Waals surface area contributed by atoms with Gasteiger partial charge in [0.15, 0.2) is 11.9 Å². The first-order chi connectivity index (χ1) is 13.5. The number of aliphatic hydroxyl groups excluding tert-OH is 1. The zero-order valence-corrected chi connectivity index (χ0v) is 16.2. The lowest BCUT2D eigenvalue weighted by Crippen LogP contribution is -3.13. The van der Waals surface area contributed by atoms with Gasteiger partial charge in [-0.1, -0.05) is 18.3 Å². The number of hydrogen-bond acceptors (Lipinski definition) is 7. The fraction of sp³-hybridized carbons (Fsp3) is 0.444. The maximum absolute atomic E-state index is 11.0. The summed E-state index contributed by atoms with van der Waals surface area (Å²) in [5, 5.41) is 36.1. The van der Waals surface area contributed by atoms with Gasteiger partial charge in [0.05, 0.1) is 24.1 Å². The number of nitrogens with one attached hydrogen (secondary N) is 1. The molecule has 0 amide bonds. The van der Waals surface area contributed by atoms with Gasteiger partial charge in [0.2, 0.25) is 10.8 Å². The SMILES string of the molecule is CCc1nc2sc([C@@H](c3ccc([N+](=O)[O-])cc3)[NH+]3CCC(O)CC3)c(O)n2n1. The lowest BCUT2D eigenvalue weighted by molar-refractivity contribution is -0.931. The van der Waals surface area contributed by atoms with E-state index >= 15 is 0 Å². The molecule has 28 heavy (non-hydrogen) atoms. The van der Waals surface area contributed by atoms with Crippen molar-refractivity contribution >= 4 is 22.0 Å². The molecule has 3 heterocycles. The Bertz CT molecular complexity index is 991. The number of rotatable bonds is 5. The monoisotopic (exact) mass is 404 g/mol. The van der Waals surface area contributed by atoms with Gasteiger partial charge in [0.25, 0.3) is 5.69 Å². The molecule has 3 N–H and O–H groups in total. The summed E-state index contributed by atoms with van der Waals surface area (Å²) in [6.45, 7) is 3.45. The lowest BCUT2D eigenvalue weighted by atomic mass is 9.99. The third kappa shape index (κ3) is 3.34. The smallest absolute Gasteiger partial charge is 0.269 e. The summed E-state index contributed by atoms with van der Waals surface area (Å²) in [6.07, 6.45) is 1.74. The lowest BCUT2D eigenvalue weighted by Gasteiger charge is -2.32. The normalized spacial score (nSPS) is 21.1. The number of non-ortho nitro benzene ring substituents is 1. The van der Waals surface area contributed by atoms with Crippen molar-refractivity contribution < 1.29 is 20.0 Å². The molecule has 0 unspecified atom stereocenters. The Kier molecular flexibility index (Phi) is 5.00. The highest BCUT2D eigenvalue weighted by Crippen LogP contribution is 2.35. The highest BCUT2D eigenvalue weighted by molar-refractivity contribution is 7.17. The molecule has 0 spiro atoms. The molecule has 1 saturated heterocycles. The van der Waals surface area contributed by atoms with Crippen LogP contribution in [0.3, 0.4) is 0 Å². The number of quaternary nitrogens is 1. The van der Waals surface area contributed by atoms with E-state index in [4.69, 9.17) is 0 Å². The summed E-state index contributed by atoms with van der Waals surface area (Å²) >= 11 is 1.39. The predicted octanol–water partition coefficient (Wildman–Crippen LogP) is 1.10. The van der Waals surface area contributed by atoms with Crippen LogP contribution in [0.25, 0.3) is 4.96 Å². The summed E-state index contributed by atoms with van der Waals surface area (Å²) in [5.74, 6) is 0.739. The van der Waals surface area contributed by atoms with E-state index in [2.05, 4.69) is 10.1 Å². The molecule has 1 aliphatic rings. The van der Waals surface area contributed by atoms with E-state index in [0.717, 1.165) is 23.5 Å². The van der Waals surface area contributed by atoms with E-state index < -0.39 is 4.92 Å². The number of aromatic nitrogens is 3. The van der Waals surface area contributed by atoms with Gasteiger partial charge in [-0.3, -0.25) is 10.1 Å². The van der Waals surface area contributed by atoms with E-state index in [9.17, 15) is 20.3 Å². The summed E-state index contributed by atoms with van der Waals surface area (Å²) < 4.78 is 1.47. The second-order valence-electron chi connectivity index (χ2n) is 7.04. The van der Waals surface area contributed by atoms with Crippen molar-refractivity contribution in [2.24, 2.45) is 0 Å². The Morgan fingerprint density at radius 1 is 1.36 bits per heavy atom. The Morgan fingerprint density at radius 2 is 2.04 bits per heavy atom. The van der Waals surface area contributed by atoms with Crippen LogP contribution in [0.5, 0.6) is 5.88 Å². The van der Waals surface area contributed by atoms with Crippen molar-refractivity contribution in [2.75, 3.05) is 13.1 Å². The molecule has 148 valence electrons. The summed E-state index contributed by atoms with van der Waals surface area (Å²) in [4.78, 5) is 17.6. The van der Waals surface area contributed by atoms with Gasteiger partial charge in [-0.2, -0.15) is 4.52 Å². The largest absolute Gasteiger partial charge is 0.492 e. The van der Waals surface area contributed by atoms with Gasteiger partial charge in [-0.25, -0.2) is 4.98 Å². The predicted molar refractivity (Wildman–Crippen MR) is 103 cm³/mol. The van der Waals surface area contributed by atoms with E-state index in [0.29, 0.717) is 30.0 Å². The number of aliphatic hydroxyl groups is 1. The second kappa shape index (κ2) is 7.46. The molecule has 1 atom stereocenters. The Hall–Kier alpha value is -2.56. The molecule has 1 aromatic carbocycles. The van der Waals surface area contributed by atoms with Crippen LogP contribution < -0.4 is 4.90 Å². The number of nitrogens with zero attached hydrogens (tertiary/aromatic N) is 4. The highest BCUT2D eigenvalue weighted by atomic mass is 32.1. The molecule has 0 aliphatic carbocycles. The van der Waals surface area contributed by atoms with Gasteiger partial charge < -0.3 is 15.1 Å². The number of nitro groups is 1. The molecule has 0 bridgehead atoms. The van der Waals surface area contributed by atoms with Gasteiger partial charge in [-0.15, -0.1) is 5.10 Å². The van der Waals surface area contributed by atoms with Crippen molar-refractivity contribution in [3.63, 3.8) is 0 Å². The Morgan fingerprint density at radius 3 is 2.61 bits per heavy atom. The number of thiazole rings is 1. The van der Waals surface area contributed by atoms with Crippen LogP contribution in [-0.2, 0) is 6.42 Å². The molecule has 2 aromatic heterocycles. The molecule has 10 heteroatoms. The summed E-state index contributed by atoms with van der Waals surface area (Å²) in [5.41, 5.74) is 0.915. The average Bonchev–Trinajstić information content (AvgIpc) is 3.23. The second-order valence-corrected chi connectivity index (χ2v) is 8.05. The molecule has 0 saturated carbocycles. The van der Waals surface area contributed by atoms with Gasteiger partial charge >= 0.3 is 0 Å². The number of aryl methyl sites for hydroxylation is 1. The molecular weight excluding hydrogens is 382 g/mol. The number of benzene rings is 1. The number of fused-ring (bicyclic) bond motifs is 1. The minimum Gasteiger partial charge on any atom is -0.492 e. The van der Waals surface area contributed by atoms with E-state index in [1.165, 1.54) is 32.9 Å². The van der Waals surface area contributed by atoms with E-state index in [1.807, 2.05) is 6.92 Å². The molecule has 4 rings (SSSR count). The van der Waals surface area contributed by atoms with Gasteiger partial charge in [0.1, 0.15) is 4.88 Å². The van der Waals surface area contributed by atoms with Gasteiger partial charge in [0, 0.05) is 37.0 Å². The quantitative estimate of drug-likeness (QED) is 0.433. The maximum Gasteiger partial charge on any atom is 0.269 e. The highest BCUT2D eigenvalue weighted by Gasteiger charge is 2.35. The van der Waals surface area contributed by atoms with E-state index in [-0.39, 0.29) is 23.7 Å². The van der Waals surface area contributed by atoms with Crippen molar-refractivity contribution in [2.45, 2.75) is 38.3 Å². The maximum atomic E-state index is 11.0. The molecule has 9 nitrogen and oxygen atoms in total. The van der Waals surface area contributed by atoms with Crippen molar-refractivity contribution in [1.82, 2.24) is 14.6 Å². The average molecular weight is 404 g/mol. The molecule has 1 aliphatic heterocycles. The standard InChI is InChI=1S/C18H21N5O4S/c1-2-14-19-18-22(20-14)17(25)16(28-18)15(21-9-7-13(24)8-10-21)11-3-5-12(6-4-11)23(26)27/h3-6,13,15,24-25H,2,7-10H2,1H3/p+1/t15-/m1/s1. The van der Waals surface area contributed by atoms with Crippen LogP contribution in [0.4, 0.5) is 5.69 Å². The summed E-state index contributed by atoms with van der Waals surface area (Å²) in [7, 11) is 0. The van der Waals surface area contributed by atoms with Crippen LogP contribution in [-0.4, -0.2) is 48.9 Å². The van der Waals surface area contributed by atoms with Gasteiger partial charge in [-0.05, 0) is 12.1 Å². The van der Waals surface area contributed by atoms with Crippen LogP contribution in [0.2, 0.25) is 0 Å². The van der Waals surface area contributed by atoms with Crippen LogP contribution in [0, 0.1) is 10.1 Å². The zero-order chi connectivity index (χ0) is 19.8. The van der Waals surface area contributed by atoms with Crippen LogP contribution in [0.1, 0.15) is 42.1 Å². The minimum atomic E-state index is -0.421. The Balaban J connectivity index is 1.77. The number of nitro benzene ring substituents is 1. The molecule has 3 aromatic rings. The Labute approximate surface area is 165 Å². The zero-order valence-electron chi connectivity index (χ0n) is 15.4. The first kappa shape index (κ1) is 18.8. The fourth-order valence-corrected chi connectivity index (χ4v) is 4.91. The van der Waals surface area contributed by atoms with Crippen LogP contribution >= 0.6 is 11.3 Å². The van der Waals surface area contributed by atoms with E-state index in [1.54, 1.807) is 12.1 Å². The summed E-state index contributed by atoms with van der Waals surface area (Å²) in [6, 6.07) is 6.27. The number of piperidine rings is 1. The van der Waals surface area contributed by atoms with Crippen molar-refractivity contribution in [1.29, 1.82) is 0 Å². The third-order valence-corrected chi connectivity index (χ3v) is 6.35.